The topological polar surface area (TPSA) is 9.23 Å². The van der Waals surface area contributed by atoms with Gasteiger partial charge in [0.1, 0.15) is 0 Å². The van der Waals surface area contributed by atoms with Crippen LogP contribution in [0.2, 0.25) is 13.1 Å². The van der Waals surface area contributed by atoms with E-state index in [1.165, 1.54) is 13.1 Å². The Morgan fingerprint density at radius 3 is 1.62 bits per heavy atom. The Bertz CT molecular complexity index is 69.4. The molecule has 5 heteroatoms. The lowest BCUT2D eigenvalue weighted by Crippen LogP contribution is -2.21. The summed E-state index contributed by atoms with van der Waals surface area (Å²) in [5.74, 6) is 0. The van der Waals surface area contributed by atoms with Gasteiger partial charge in [-0.15, -0.1) is 13.2 Å². The Hall–Kier alpha value is -0.0331. The van der Waals surface area contributed by atoms with Gasteiger partial charge in [0.2, 0.25) is 0 Å². The second-order valence-electron chi connectivity index (χ2n) is 1.61. The first-order chi connectivity index (χ1) is 3.42. The SMILES string of the molecule is C[SiH](C)OC(F)(F)F. The molecule has 1 nitrogen and oxygen atoms in total. The molecule has 0 aliphatic carbocycles. The van der Waals surface area contributed by atoms with Crippen molar-refractivity contribution in [3.05, 3.63) is 0 Å². The Labute approximate surface area is 47.2 Å². The van der Waals surface area contributed by atoms with E-state index < -0.39 is 15.4 Å². The highest BCUT2D eigenvalue weighted by atomic mass is 28.3. The average molecular weight is 144 g/mol. The Kier molecular flexibility index (Phi) is 2.49. The number of hydrogen-bond acceptors (Lipinski definition) is 1. The van der Waals surface area contributed by atoms with Crippen LogP contribution in [0.15, 0.2) is 0 Å². The molecule has 0 N–H and O–H groups in total. The van der Waals surface area contributed by atoms with E-state index in [0.717, 1.165) is 0 Å². The maximum atomic E-state index is 11.1. The number of alkyl halides is 3. The number of rotatable bonds is 1. The van der Waals surface area contributed by atoms with Gasteiger partial charge in [0.05, 0.1) is 0 Å². The minimum absolute atomic E-state index is 1.47. The molecule has 0 aromatic carbocycles. The van der Waals surface area contributed by atoms with Crippen molar-refractivity contribution in [3.63, 3.8) is 0 Å². The largest absolute Gasteiger partial charge is 0.512 e. The van der Waals surface area contributed by atoms with Crippen molar-refractivity contribution in [2.75, 3.05) is 0 Å². The van der Waals surface area contributed by atoms with Crippen molar-refractivity contribution < 1.29 is 17.6 Å². The molecule has 0 bridgehead atoms. The van der Waals surface area contributed by atoms with E-state index in [9.17, 15) is 13.2 Å². The van der Waals surface area contributed by atoms with Crippen LogP contribution in [0.3, 0.4) is 0 Å². The van der Waals surface area contributed by atoms with Gasteiger partial charge in [0, 0.05) is 0 Å². The molecule has 0 radical (unpaired) electrons. The van der Waals surface area contributed by atoms with Crippen LogP contribution in [0.1, 0.15) is 0 Å². The van der Waals surface area contributed by atoms with E-state index in [4.69, 9.17) is 0 Å². The zero-order valence-electron chi connectivity index (χ0n) is 4.62. The molecule has 50 valence electrons. The van der Waals surface area contributed by atoms with Crippen LogP contribution in [0.4, 0.5) is 13.2 Å². The van der Waals surface area contributed by atoms with E-state index in [1.807, 2.05) is 0 Å². The normalized spacial score (nSPS) is 12.8. The van der Waals surface area contributed by atoms with E-state index in [1.54, 1.807) is 0 Å². The van der Waals surface area contributed by atoms with Gasteiger partial charge in [-0.1, -0.05) is 0 Å². The van der Waals surface area contributed by atoms with Crippen LogP contribution in [0, 0.1) is 0 Å². The standard InChI is InChI=1S/C3H7F3OSi/c1-8(2)7-3(4,5)6/h8H,1-2H3. The zero-order valence-corrected chi connectivity index (χ0v) is 5.77. The third-order valence-electron chi connectivity index (χ3n) is 0.369. The first kappa shape index (κ1) is 7.97. The maximum absolute atomic E-state index is 11.1. The molecule has 0 aromatic heterocycles. The minimum atomic E-state index is -4.42. The summed E-state index contributed by atoms with van der Waals surface area (Å²) in [6.45, 7) is 2.93. The summed E-state index contributed by atoms with van der Waals surface area (Å²) >= 11 is 0. The molecule has 0 rings (SSSR count). The summed E-state index contributed by atoms with van der Waals surface area (Å²) in [5.41, 5.74) is 0. The molecular formula is C3H7F3OSi. The molecule has 0 saturated heterocycles. The zero-order chi connectivity index (χ0) is 6.78. The lowest BCUT2D eigenvalue weighted by molar-refractivity contribution is -0.278. The second-order valence-corrected chi connectivity index (χ2v) is 3.95. The van der Waals surface area contributed by atoms with Crippen molar-refractivity contribution in [1.82, 2.24) is 0 Å². The summed E-state index contributed by atoms with van der Waals surface area (Å²) in [6, 6.07) is 0. The van der Waals surface area contributed by atoms with Crippen LogP contribution >= 0.6 is 0 Å². The van der Waals surface area contributed by atoms with Gasteiger partial charge in [-0.05, 0) is 13.1 Å². The second kappa shape index (κ2) is 2.50. The smallest absolute Gasteiger partial charge is 0.338 e. The van der Waals surface area contributed by atoms with Gasteiger partial charge >= 0.3 is 6.36 Å². The first-order valence-corrected chi connectivity index (χ1v) is 4.94. The highest BCUT2D eigenvalue weighted by Gasteiger charge is 2.29. The van der Waals surface area contributed by atoms with Crippen molar-refractivity contribution in [3.8, 4) is 0 Å². The molecule has 8 heavy (non-hydrogen) atoms. The average Bonchev–Trinajstić information content (AvgIpc) is 1.21. The quantitative estimate of drug-likeness (QED) is 0.507. The fourth-order valence-corrected chi connectivity index (χ4v) is 0.802. The summed E-state index contributed by atoms with van der Waals surface area (Å²) in [7, 11) is -1.92. The van der Waals surface area contributed by atoms with Crippen LogP contribution in [-0.4, -0.2) is 15.4 Å². The fraction of sp³-hybridized carbons (Fsp3) is 1.00. The molecule has 0 heterocycles. The van der Waals surface area contributed by atoms with Gasteiger partial charge in [-0.25, -0.2) is 0 Å². The molecule has 0 aliphatic rings. The van der Waals surface area contributed by atoms with Gasteiger partial charge in [0.15, 0.2) is 9.04 Å². The third kappa shape index (κ3) is 5.97. The van der Waals surface area contributed by atoms with Crippen LogP contribution in [-0.2, 0) is 4.43 Å². The van der Waals surface area contributed by atoms with Gasteiger partial charge in [-0.3, -0.25) is 0 Å². The Morgan fingerprint density at radius 1 is 1.25 bits per heavy atom. The predicted molar refractivity (Wildman–Crippen MR) is 26.0 cm³/mol. The van der Waals surface area contributed by atoms with Crippen molar-refractivity contribution in [2.45, 2.75) is 19.5 Å². The van der Waals surface area contributed by atoms with Crippen LogP contribution < -0.4 is 0 Å². The van der Waals surface area contributed by atoms with Gasteiger partial charge < -0.3 is 4.43 Å². The highest BCUT2D eigenvalue weighted by molar-refractivity contribution is 6.48. The fourth-order valence-electron chi connectivity index (χ4n) is 0.267. The first-order valence-electron chi connectivity index (χ1n) is 2.16. The Balaban J connectivity index is 3.39. The molecular weight excluding hydrogens is 137 g/mol. The molecule has 0 fully saturated rings. The van der Waals surface area contributed by atoms with Crippen molar-refractivity contribution in [2.24, 2.45) is 0 Å². The predicted octanol–water partition coefficient (Wildman–Crippen LogP) is 1.51. The van der Waals surface area contributed by atoms with E-state index in [-0.39, 0.29) is 0 Å². The minimum Gasteiger partial charge on any atom is -0.338 e. The van der Waals surface area contributed by atoms with E-state index in [2.05, 4.69) is 4.43 Å². The van der Waals surface area contributed by atoms with Crippen molar-refractivity contribution >= 4 is 9.04 Å². The molecule has 0 spiro atoms. The van der Waals surface area contributed by atoms with Crippen LogP contribution in [0.5, 0.6) is 0 Å². The molecule has 0 saturated carbocycles. The van der Waals surface area contributed by atoms with Gasteiger partial charge in [-0.2, -0.15) is 0 Å². The highest BCUT2D eigenvalue weighted by Crippen LogP contribution is 2.16. The summed E-state index contributed by atoms with van der Waals surface area (Å²) < 4.78 is 36.9. The van der Waals surface area contributed by atoms with E-state index >= 15 is 0 Å². The molecule has 0 unspecified atom stereocenters. The van der Waals surface area contributed by atoms with Gasteiger partial charge in [0.25, 0.3) is 0 Å². The third-order valence-corrected chi connectivity index (χ3v) is 1.11. The maximum Gasteiger partial charge on any atom is 0.512 e. The lowest BCUT2D eigenvalue weighted by atomic mass is 11.4. The number of halogens is 3. The summed E-state index contributed by atoms with van der Waals surface area (Å²) in [4.78, 5) is 0. The Morgan fingerprint density at radius 2 is 1.62 bits per heavy atom. The summed E-state index contributed by atoms with van der Waals surface area (Å²) in [6.07, 6.45) is -4.42. The molecule has 0 aromatic rings. The van der Waals surface area contributed by atoms with Crippen LogP contribution in [0.25, 0.3) is 0 Å². The molecule has 0 aliphatic heterocycles. The lowest BCUT2D eigenvalue weighted by Gasteiger charge is -2.08. The summed E-state index contributed by atoms with van der Waals surface area (Å²) in [5, 5.41) is 0. The number of hydrogen-bond donors (Lipinski definition) is 0. The van der Waals surface area contributed by atoms with E-state index in [0.29, 0.717) is 0 Å². The van der Waals surface area contributed by atoms with Crippen molar-refractivity contribution in [1.29, 1.82) is 0 Å². The monoisotopic (exact) mass is 144 g/mol. The molecule has 0 amide bonds. The molecule has 0 atom stereocenters.